The van der Waals surface area contributed by atoms with Crippen LogP contribution in [0.2, 0.25) is 0 Å². The smallest absolute Gasteiger partial charge is 0.0415 e. The number of fused-ring (bicyclic) bond motifs is 1. The standard InChI is InChI=1S/C17H29NS/c1-4-6-8-13(5-2)11-15(18-3)17-12-14-9-7-10-16(14)19-17/h12-13,15,18H,4-11H2,1-3H3. The molecule has 0 saturated heterocycles. The van der Waals surface area contributed by atoms with Gasteiger partial charge in [0.15, 0.2) is 0 Å². The fourth-order valence-corrected chi connectivity index (χ4v) is 4.60. The second-order valence-corrected chi connectivity index (χ2v) is 7.11. The average molecular weight is 279 g/mol. The minimum atomic E-state index is 0.581. The molecular formula is C17H29NS. The number of nitrogens with one attached hydrogen (secondary N) is 1. The fourth-order valence-electron chi connectivity index (χ4n) is 3.21. The highest BCUT2D eigenvalue weighted by atomic mass is 32.1. The van der Waals surface area contributed by atoms with Gasteiger partial charge in [-0.15, -0.1) is 11.3 Å². The third-order valence-corrected chi connectivity index (χ3v) is 5.92. The van der Waals surface area contributed by atoms with Gasteiger partial charge < -0.3 is 5.32 Å². The Labute approximate surface area is 122 Å². The van der Waals surface area contributed by atoms with E-state index >= 15 is 0 Å². The number of aryl methyl sites for hydroxylation is 2. The Balaban J connectivity index is 1.98. The predicted molar refractivity (Wildman–Crippen MR) is 86.1 cm³/mol. The maximum atomic E-state index is 3.56. The quantitative estimate of drug-likeness (QED) is 0.697. The van der Waals surface area contributed by atoms with Gasteiger partial charge in [0.1, 0.15) is 0 Å². The topological polar surface area (TPSA) is 12.0 Å². The summed E-state index contributed by atoms with van der Waals surface area (Å²) in [5.41, 5.74) is 1.64. The Morgan fingerprint density at radius 1 is 1.32 bits per heavy atom. The van der Waals surface area contributed by atoms with E-state index in [1.807, 2.05) is 0 Å². The summed E-state index contributed by atoms with van der Waals surface area (Å²) in [6, 6.07) is 3.07. The van der Waals surface area contributed by atoms with Crippen molar-refractivity contribution in [1.29, 1.82) is 0 Å². The Morgan fingerprint density at radius 3 is 2.79 bits per heavy atom. The van der Waals surface area contributed by atoms with Crippen LogP contribution in [-0.4, -0.2) is 7.05 Å². The number of rotatable bonds is 8. The van der Waals surface area contributed by atoms with Gasteiger partial charge in [0.05, 0.1) is 0 Å². The molecule has 1 aromatic rings. The second kappa shape index (κ2) is 7.44. The molecule has 1 aliphatic rings. The van der Waals surface area contributed by atoms with Gasteiger partial charge in [-0.3, -0.25) is 0 Å². The van der Waals surface area contributed by atoms with Gasteiger partial charge in [0.25, 0.3) is 0 Å². The molecule has 1 aromatic heterocycles. The van der Waals surface area contributed by atoms with E-state index < -0.39 is 0 Å². The lowest BCUT2D eigenvalue weighted by molar-refractivity contribution is 0.367. The van der Waals surface area contributed by atoms with Crippen LogP contribution in [0.3, 0.4) is 0 Å². The molecule has 2 heteroatoms. The molecular weight excluding hydrogens is 250 g/mol. The van der Waals surface area contributed by atoms with Gasteiger partial charge in [-0.05, 0) is 50.3 Å². The second-order valence-electron chi connectivity index (χ2n) is 5.94. The molecule has 108 valence electrons. The van der Waals surface area contributed by atoms with E-state index in [1.165, 1.54) is 51.4 Å². The highest BCUT2D eigenvalue weighted by molar-refractivity contribution is 7.12. The molecule has 0 amide bonds. The van der Waals surface area contributed by atoms with Gasteiger partial charge in [0, 0.05) is 15.8 Å². The molecule has 19 heavy (non-hydrogen) atoms. The van der Waals surface area contributed by atoms with Crippen LogP contribution in [0.4, 0.5) is 0 Å². The third kappa shape index (κ3) is 3.82. The summed E-state index contributed by atoms with van der Waals surface area (Å²) < 4.78 is 0. The fraction of sp³-hybridized carbons (Fsp3) is 0.765. The van der Waals surface area contributed by atoms with Crippen LogP contribution in [0.25, 0.3) is 0 Å². The van der Waals surface area contributed by atoms with Crippen molar-refractivity contribution < 1.29 is 0 Å². The molecule has 0 aromatic carbocycles. The molecule has 1 heterocycles. The Morgan fingerprint density at radius 2 is 2.16 bits per heavy atom. The molecule has 0 radical (unpaired) electrons. The molecule has 2 rings (SSSR count). The van der Waals surface area contributed by atoms with Crippen LogP contribution in [0.15, 0.2) is 6.07 Å². The van der Waals surface area contributed by atoms with E-state index in [2.05, 4.69) is 43.6 Å². The lowest BCUT2D eigenvalue weighted by atomic mass is 9.91. The van der Waals surface area contributed by atoms with Crippen molar-refractivity contribution in [3.05, 3.63) is 21.4 Å². The van der Waals surface area contributed by atoms with Gasteiger partial charge in [-0.2, -0.15) is 0 Å². The van der Waals surface area contributed by atoms with E-state index in [9.17, 15) is 0 Å². The third-order valence-electron chi connectivity index (χ3n) is 4.57. The lowest BCUT2D eigenvalue weighted by Crippen LogP contribution is -2.19. The number of hydrogen-bond donors (Lipinski definition) is 1. The Bertz CT molecular complexity index is 361. The molecule has 1 nitrogen and oxygen atoms in total. The SMILES string of the molecule is CCCCC(CC)CC(NC)c1cc2c(s1)CCC2. The molecule has 0 saturated carbocycles. The van der Waals surface area contributed by atoms with Crippen LogP contribution >= 0.6 is 11.3 Å². The number of hydrogen-bond acceptors (Lipinski definition) is 2. The van der Waals surface area contributed by atoms with E-state index in [1.54, 1.807) is 15.3 Å². The van der Waals surface area contributed by atoms with Gasteiger partial charge in [0.2, 0.25) is 0 Å². The van der Waals surface area contributed by atoms with Crippen molar-refractivity contribution in [2.24, 2.45) is 5.92 Å². The van der Waals surface area contributed by atoms with Crippen molar-refractivity contribution in [2.75, 3.05) is 7.05 Å². The summed E-state index contributed by atoms with van der Waals surface area (Å²) in [6.45, 7) is 4.65. The van der Waals surface area contributed by atoms with Crippen LogP contribution in [0.5, 0.6) is 0 Å². The van der Waals surface area contributed by atoms with Crippen LogP contribution in [0.1, 0.15) is 73.7 Å². The summed E-state index contributed by atoms with van der Waals surface area (Å²) in [5.74, 6) is 0.884. The predicted octanol–water partition coefficient (Wildman–Crippen LogP) is 5.10. The highest BCUT2D eigenvalue weighted by Gasteiger charge is 2.21. The van der Waals surface area contributed by atoms with Crippen LogP contribution in [-0.2, 0) is 12.8 Å². The number of unbranched alkanes of at least 4 members (excludes halogenated alkanes) is 1. The van der Waals surface area contributed by atoms with E-state index in [0.29, 0.717) is 6.04 Å². The molecule has 0 fully saturated rings. The first-order chi connectivity index (χ1) is 9.28. The van der Waals surface area contributed by atoms with Crippen molar-refractivity contribution in [3.8, 4) is 0 Å². The molecule has 1 aliphatic carbocycles. The van der Waals surface area contributed by atoms with Gasteiger partial charge >= 0.3 is 0 Å². The van der Waals surface area contributed by atoms with Crippen molar-refractivity contribution >= 4 is 11.3 Å². The zero-order chi connectivity index (χ0) is 13.7. The summed E-state index contributed by atoms with van der Waals surface area (Å²) in [7, 11) is 2.13. The maximum absolute atomic E-state index is 3.56. The van der Waals surface area contributed by atoms with Crippen molar-refractivity contribution in [1.82, 2.24) is 5.32 Å². The molecule has 0 spiro atoms. The molecule has 0 aliphatic heterocycles. The van der Waals surface area contributed by atoms with E-state index in [4.69, 9.17) is 0 Å². The zero-order valence-corrected chi connectivity index (χ0v) is 13.6. The summed E-state index contributed by atoms with van der Waals surface area (Å²) in [6.07, 6.45) is 10.8. The first-order valence-corrected chi connectivity index (χ1v) is 8.88. The monoisotopic (exact) mass is 279 g/mol. The first-order valence-electron chi connectivity index (χ1n) is 8.07. The highest BCUT2D eigenvalue weighted by Crippen LogP contribution is 2.36. The first kappa shape index (κ1) is 15.1. The summed E-state index contributed by atoms with van der Waals surface area (Å²) in [5, 5.41) is 3.56. The minimum absolute atomic E-state index is 0.581. The summed E-state index contributed by atoms with van der Waals surface area (Å²) >= 11 is 2.07. The van der Waals surface area contributed by atoms with Crippen LogP contribution < -0.4 is 5.32 Å². The molecule has 2 unspecified atom stereocenters. The normalized spacial score (nSPS) is 17.4. The minimum Gasteiger partial charge on any atom is -0.312 e. The summed E-state index contributed by atoms with van der Waals surface area (Å²) in [4.78, 5) is 3.25. The average Bonchev–Trinajstić information content (AvgIpc) is 3.00. The van der Waals surface area contributed by atoms with E-state index in [-0.39, 0.29) is 0 Å². The van der Waals surface area contributed by atoms with Crippen molar-refractivity contribution in [3.63, 3.8) is 0 Å². The van der Waals surface area contributed by atoms with E-state index in [0.717, 1.165) is 5.92 Å². The molecule has 2 atom stereocenters. The van der Waals surface area contributed by atoms with Crippen molar-refractivity contribution in [2.45, 2.75) is 71.3 Å². The Kier molecular flexibility index (Phi) is 5.90. The largest absolute Gasteiger partial charge is 0.312 e. The Hall–Kier alpha value is -0.340. The maximum Gasteiger partial charge on any atom is 0.0415 e. The molecule has 0 bridgehead atoms. The van der Waals surface area contributed by atoms with Gasteiger partial charge in [-0.1, -0.05) is 39.5 Å². The molecule has 1 N–H and O–H groups in total. The van der Waals surface area contributed by atoms with Crippen LogP contribution in [0, 0.1) is 5.92 Å². The zero-order valence-electron chi connectivity index (χ0n) is 12.8. The lowest BCUT2D eigenvalue weighted by Gasteiger charge is -2.21. The van der Waals surface area contributed by atoms with Gasteiger partial charge in [-0.25, -0.2) is 0 Å². The number of thiophene rings is 1.